The number of ether oxygens (including phenoxy) is 1. The molecule has 0 saturated heterocycles. The third-order valence-corrected chi connectivity index (χ3v) is 6.42. The van der Waals surface area contributed by atoms with Crippen molar-refractivity contribution in [3.63, 3.8) is 0 Å². The average Bonchev–Trinajstić information content (AvgIpc) is 3.23. The van der Waals surface area contributed by atoms with Crippen molar-refractivity contribution >= 4 is 54.0 Å². The molecule has 2 aromatic carbocycles. The molecule has 0 aliphatic heterocycles. The van der Waals surface area contributed by atoms with Gasteiger partial charge in [-0.15, -0.1) is 11.3 Å². The van der Waals surface area contributed by atoms with E-state index in [1.807, 2.05) is 30.3 Å². The number of hydrogen-bond acceptors (Lipinski definition) is 5. The Kier molecular flexibility index (Phi) is 4.44. The number of rotatable bonds is 4. The second-order valence-corrected chi connectivity index (χ2v) is 7.85. The summed E-state index contributed by atoms with van der Waals surface area (Å²) >= 11 is 2.73. The van der Waals surface area contributed by atoms with Gasteiger partial charge in [0.15, 0.2) is 5.13 Å². The van der Waals surface area contributed by atoms with E-state index in [9.17, 15) is 9.18 Å². The third kappa shape index (κ3) is 2.78. The minimum Gasteiger partial charge on any atom is -0.380 e. The molecule has 0 saturated carbocycles. The van der Waals surface area contributed by atoms with E-state index in [-0.39, 0.29) is 18.3 Å². The molecule has 0 aliphatic carbocycles. The zero-order chi connectivity index (χ0) is 18.3. The number of carbonyl (C=O) groups excluding carboxylic acids is 1. The number of aromatic nitrogens is 1. The fourth-order valence-corrected chi connectivity index (χ4v) is 4.99. The first-order valence-corrected chi connectivity index (χ1v) is 9.56. The van der Waals surface area contributed by atoms with Crippen LogP contribution in [0.4, 0.5) is 9.52 Å². The van der Waals surface area contributed by atoms with Gasteiger partial charge in [-0.25, -0.2) is 9.37 Å². The number of methoxy groups -OCH3 is 1. The molecule has 2 heterocycles. The van der Waals surface area contributed by atoms with E-state index in [0.717, 1.165) is 14.9 Å². The SMILES string of the molecule is COCc1c(C(=O)N(C)c2nc3ccccc3s2)sc2cccc(F)c12. The highest BCUT2D eigenvalue weighted by molar-refractivity contribution is 7.23. The van der Waals surface area contributed by atoms with Crippen molar-refractivity contribution in [2.75, 3.05) is 19.1 Å². The molecule has 0 spiro atoms. The normalized spacial score (nSPS) is 11.3. The van der Waals surface area contributed by atoms with Crippen molar-refractivity contribution in [1.29, 1.82) is 0 Å². The largest absolute Gasteiger partial charge is 0.380 e. The van der Waals surface area contributed by atoms with Crippen LogP contribution >= 0.6 is 22.7 Å². The number of halogens is 1. The molecule has 0 bridgehead atoms. The Bertz CT molecular complexity index is 1090. The number of carbonyl (C=O) groups is 1. The predicted molar refractivity (Wildman–Crippen MR) is 105 cm³/mol. The maximum absolute atomic E-state index is 14.3. The first kappa shape index (κ1) is 17.1. The van der Waals surface area contributed by atoms with Crippen LogP contribution in [0.5, 0.6) is 0 Å². The molecule has 0 aliphatic rings. The van der Waals surface area contributed by atoms with Gasteiger partial charge in [-0.05, 0) is 24.3 Å². The summed E-state index contributed by atoms with van der Waals surface area (Å²) in [5.74, 6) is -0.552. The molecular formula is C19H15FN2O2S2. The number of thiophene rings is 1. The summed E-state index contributed by atoms with van der Waals surface area (Å²) < 4.78 is 21.3. The van der Waals surface area contributed by atoms with E-state index in [1.165, 1.54) is 40.7 Å². The Balaban J connectivity index is 1.79. The predicted octanol–water partition coefficient (Wildman–Crippen LogP) is 5.07. The van der Waals surface area contributed by atoms with E-state index in [1.54, 1.807) is 13.1 Å². The Hall–Kier alpha value is -2.35. The molecule has 0 fully saturated rings. The van der Waals surface area contributed by atoms with Gasteiger partial charge in [-0.2, -0.15) is 0 Å². The summed E-state index contributed by atoms with van der Waals surface area (Å²) in [6.45, 7) is 0.176. The van der Waals surface area contributed by atoms with E-state index in [4.69, 9.17) is 4.74 Å². The zero-order valence-corrected chi connectivity index (χ0v) is 15.8. The van der Waals surface area contributed by atoms with E-state index < -0.39 is 0 Å². The molecule has 26 heavy (non-hydrogen) atoms. The number of benzene rings is 2. The van der Waals surface area contributed by atoms with Crippen LogP contribution in [0.1, 0.15) is 15.2 Å². The van der Waals surface area contributed by atoms with Gasteiger partial charge in [0.2, 0.25) is 0 Å². The fourth-order valence-electron chi connectivity index (χ4n) is 2.86. The van der Waals surface area contributed by atoms with Gasteiger partial charge in [-0.3, -0.25) is 9.69 Å². The van der Waals surface area contributed by atoms with Crippen LogP contribution in [0.25, 0.3) is 20.3 Å². The van der Waals surface area contributed by atoms with Crippen LogP contribution in [0.15, 0.2) is 42.5 Å². The van der Waals surface area contributed by atoms with Crippen molar-refractivity contribution in [3.05, 3.63) is 58.7 Å². The van der Waals surface area contributed by atoms with E-state index in [0.29, 0.717) is 21.0 Å². The monoisotopic (exact) mass is 386 g/mol. The quantitative estimate of drug-likeness (QED) is 0.492. The lowest BCUT2D eigenvalue weighted by atomic mass is 10.1. The van der Waals surface area contributed by atoms with Gasteiger partial charge in [0, 0.05) is 29.8 Å². The van der Waals surface area contributed by atoms with Crippen molar-refractivity contribution in [2.24, 2.45) is 0 Å². The maximum atomic E-state index is 14.3. The van der Waals surface area contributed by atoms with Gasteiger partial charge >= 0.3 is 0 Å². The number of fused-ring (bicyclic) bond motifs is 2. The second-order valence-electron chi connectivity index (χ2n) is 5.78. The van der Waals surface area contributed by atoms with Gasteiger partial charge < -0.3 is 4.74 Å². The van der Waals surface area contributed by atoms with Crippen molar-refractivity contribution in [3.8, 4) is 0 Å². The molecule has 1 amide bonds. The molecule has 132 valence electrons. The van der Waals surface area contributed by atoms with Gasteiger partial charge in [0.05, 0.1) is 21.7 Å². The number of para-hydroxylation sites is 1. The van der Waals surface area contributed by atoms with Crippen molar-refractivity contribution in [2.45, 2.75) is 6.61 Å². The second kappa shape index (κ2) is 6.75. The Labute approximate surface area is 157 Å². The lowest BCUT2D eigenvalue weighted by Crippen LogP contribution is -2.26. The highest BCUT2D eigenvalue weighted by Gasteiger charge is 2.25. The van der Waals surface area contributed by atoms with Crippen LogP contribution in [0.3, 0.4) is 0 Å². The topological polar surface area (TPSA) is 42.4 Å². The van der Waals surface area contributed by atoms with E-state index >= 15 is 0 Å². The lowest BCUT2D eigenvalue weighted by molar-refractivity contribution is 0.0992. The standard InChI is InChI=1S/C19H15FN2O2S2/c1-22(19-21-13-7-3-4-8-14(13)26-19)18(23)17-11(10-24-2)16-12(20)6-5-9-15(16)25-17/h3-9H,10H2,1-2H3. The van der Waals surface area contributed by atoms with Gasteiger partial charge in [0.25, 0.3) is 5.91 Å². The van der Waals surface area contributed by atoms with Gasteiger partial charge in [0.1, 0.15) is 5.82 Å². The summed E-state index contributed by atoms with van der Waals surface area (Å²) in [4.78, 5) is 19.7. The molecule has 0 unspecified atom stereocenters. The molecule has 0 radical (unpaired) electrons. The zero-order valence-electron chi connectivity index (χ0n) is 14.2. The highest BCUT2D eigenvalue weighted by Crippen LogP contribution is 2.36. The molecule has 2 aromatic heterocycles. The molecule has 0 atom stereocenters. The summed E-state index contributed by atoms with van der Waals surface area (Å²) in [6.07, 6.45) is 0. The summed E-state index contributed by atoms with van der Waals surface area (Å²) in [6, 6.07) is 12.6. The number of nitrogens with zero attached hydrogens (tertiary/aromatic N) is 2. The van der Waals surface area contributed by atoms with Crippen LogP contribution < -0.4 is 4.90 Å². The smallest absolute Gasteiger partial charge is 0.270 e. The first-order valence-electron chi connectivity index (χ1n) is 7.92. The lowest BCUT2D eigenvalue weighted by Gasteiger charge is -2.13. The first-order chi connectivity index (χ1) is 12.6. The summed E-state index contributed by atoms with van der Waals surface area (Å²) in [5.41, 5.74) is 1.44. The molecular weight excluding hydrogens is 371 g/mol. The Morgan fingerprint density at radius 2 is 1.92 bits per heavy atom. The summed E-state index contributed by atoms with van der Waals surface area (Å²) in [5, 5.41) is 1.07. The number of hydrogen-bond donors (Lipinski definition) is 0. The van der Waals surface area contributed by atoms with Crippen LogP contribution in [0, 0.1) is 5.82 Å². The minimum atomic E-state index is -0.340. The van der Waals surface area contributed by atoms with Crippen LogP contribution in [0.2, 0.25) is 0 Å². The van der Waals surface area contributed by atoms with Crippen molar-refractivity contribution in [1.82, 2.24) is 4.98 Å². The minimum absolute atomic E-state index is 0.176. The maximum Gasteiger partial charge on any atom is 0.270 e. The molecule has 4 aromatic rings. The van der Waals surface area contributed by atoms with Crippen molar-refractivity contribution < 1.29 is 13.9 Å². The summed E-state index contributed by atoms with van der Waals surface area (Å²) in [7, 11) is 3.23. The Morgan fingerprint density at radius 1 is 1.15 bits per heavy atom. The van der Waals surface area contributed by atoms with Crippen LogP contribution in [-0.2, 0) is 11.3 Å². The Morgan fingerprint density at radius 3 is 2.69 bits per heavy atom. The average molecular weight is 386 g/mol. The molecule has 0 N–H and O–H groups in total. The molecule has 4 nitrogen and oxygen atoms in total. The van der Waals surface area contributed by atoms with Gasteiger partial charge in [-0.1, -0.05) is 29.5 Å². The highest BCUT2D eigenvalue weighted by atomic mass is 32.1. The number of thiazole rings is 1. The van der Waals surface area contributed by atoms with E-state index in [2.05, 4.69) is 4.98 Å². The molecule has 4 rings (SSSR count). The number of amides is 1. The van der Waals surface area contributed by atoms with Crippen LogP contribution in [-0.4, -0.2) is 25.0 Å². The fraction of sp³-hybridized carbons (Fsp3) is 0.158. The molecule has 7 heteroatoms. The number of anilines is 1. The third-order valence-electron chi connectivity index (χ3n) is 4.12.